The number of carbonyl (C=O) groups excluding carboxylic acids is 4. The number of hydrogen-bond donors (Lipinski definition) is 1. The summed E-state index contributed by atoms with van der Waals surface area (Å²) in [5, 5.41) is 2.25. The number of nitrogens with one attached hydrogen (secondary N) is 1. The summed E-state index contributed by atoms with van der Waals surface area (Å²) < 4.78 is 12.3. The van der Waals surface area contributed by atoms with Crippen LogP contribution in [-0.4, -0.2) is 48.9 Å². The summed E-state index contributed by atoms with van der Waals surface area (Å²) in [5.41, 5.74) is 2.94. The number of barbiturate groups is 1. The first kappa shape index (κ1) is 29.1. The average Bonchev–Trinajstić information content (AvgIpc) is 2.99. The van der Waals surface area contributed by atoms with Gasteiger partial charge in [-0.3, -0.25) is 19.7 Å². The van der Waals surface area contributed by atoms with Crippen LogP contribution in [0.4, 0.5) is 10.5 Å². The minimum atomic E-state index is -0.808. The van der Waals surface area contributed by atoms with E-state index < -0.39 is 17.8 Å². The second-order valence-corrected chi connectivity index (χ2v) is 11.1. The Kier molecular flexibility index (Phi) is 8.72. The number of likely N-dealkylation sites (tertiary alicyclic amines) is 1. The maximum Gasteiger partial charge on any atom is 0.335 e. The van der Waals surface area contributed by atoms with Crippen molar-refractivity contribution in [2.75, 3.05) is 25.1 Å². The van der Waals surface area contributed by atoms with Gasteiger partial charge < -0.3 is 14.4 Å². The Bertz CT molecular complexity index is 1580. The van der Waals surface area contributed by atoms with E-state index in [2.05, 4.69) is 21.2 Å². The molecule has 0 aromatic heterocycles. The highest BCUT2D eigenvalue weighted by atomic mass is 79.9. The fraction of sp³-hybridized carbons (Fsp3) is 0.250. The number of piperidine rings is 1. The van der Waals surface area contributed by atoms with Crippen LogP contribution in [0.3, 0.4) is 0 Å². The van der Waals surface area contributed by atoms with Crippen molar-refractivity contribution in [2.24, 2.45) is 0 Å². The highest BCUT2D eigenvalue weighted by molar-refractivity contribution is 9.10. The van der Waals surface area contributed by atoms with Gasteiger partial charge in [-0.2, -0.15) is 0 Å². The second-order valence-electron chi connectivity index (χ2n) is 10.1. The molecule has 2 aliphatic heterocycles. The van der Waals surface area contributed by atoms with Crippen molar-refractivity contribution in [1.29, 1.82) is 0 Å². The number of halogens is 1. The molecule has 216 valence electrons. The van der Waals surface area contributed by atoms with E-state index in [1.165, 1.54) is 19.6 Å². The van der Waals surface area contributed by atoms with Crippen LogP contribution < -0.4 is 19.7 Å². The molecule has 0 spiro atoms. The Hall–Kier alpha value is -4.44. The van der Waals surface area contributed by atoms with E-state index in [1.54, 1.807) is 43.3 Å². The Morgan fingerprint density at radius 3 is 2.38 bits per heavy atom. The minimum Gasteiger partial charge on any atom is -0.493 e. The summed E-state index contributed by atoms with van der Waals surface area (Å²) in [4.78, 5) is 54.1. The highest BCUT2D eigenvalue weighted by Crippen LogP contribution is 2.31. The molecule has 0 bridgehead atoms. The maximum atomic E-state index is 13.3. The zero-order valence-electron chi connectivity index (χ0n) is 23.3. The van der Waals surface area contributed by atoms with Crippen LogP contribution in [0.1, 0.15) is 46.3 Å². The molecule has 9 nitrogen and oxygen atoms in total. The van der Waals surface area contributed by atoms with E-state index >= 15 is 0 Å². The molecule has 0 saturated carbocycles. The predicted octanol–water partition coefficient (Wildman–Crippen LogP) is 5.64. The Morgan fingerprint density at radius 2 is 1.69 bits per heavy atom. The van der Waals surface area contributed by atoms with E-state index in [0.29, 0.717) is 33.9 Å². The highest BCUT2D eigenvalue weighted by Gasteiger charge is 2.37. The molecule has 3 aromatic rings. The number of urea groups is 1. The zero-order chi connectivity index (χ0) is 29.8. The first-order valence-corrected chi connectivity index (χ1v) is 14.4. The Morgan fingerprint density at radius 1 is 0.952 bits per heavy atom. The van der Waals surface area contributed by atoms with E-state index in [1.807, 2.05) is 29.2 Å². The van der Waals surface area contributed by atoms with Gasteiger partial charge in [0.2, 0.25) is 0 Å². The second kappa shape index (κ2) is 12.6. The lowest BCUT2D eigenvalue weighted by molar-refractivity contribution is -0.122. The zero-order valence-corrected chi connectivity index (χ0v) is 24.9. The average molecular weight is 633 g/mol. The van der Waals surface area contributed by atoms with Crippen LogP contribution in [-0.2, 0) is 16.2 Å². The number of rotatable bonds is 7. The van der Waals surface area contributed by atoms with Gasteiger partial charge in [-0.15, -0.1) is 0 Å². The first-order valence-electron chi connectivity index (χ1n) is 13.6. The van der Waals surface area contributed by atoms with Gasteiger partial charge in [0.05, 0.1) is 12.8 Å². The predicted molar refractivity (Wildman–Crippen MR) is 161 cm³/mol. The van der Waals surface area contributed by atoms with Gasteiger partial charge in [-0.05, 0) is 91.4 Å². The van der Waals surface area contributed by atoms with Crippen molar-refractivity contribution in [3.05, 3.63) is 93.0 Å². The fourth-order valence-corrected chi connectivity index (χ4v) is 5.47. The quantitative estimate of drug-likeness (QED) is 0.267. The first-order chi connectivity index (χ1) is 20.2. The molecular formula is C32H30BrN3O6. The summed E-state index contributed by atoms with van der Waals surface area (Å²) in [6, 6.07) is 16.7. The standard InChI is InChI=1S/C32H30BrN3O6/c1-20-16-24(33)11-12-26(20)36-31(39)25(29(37)34-32(36)40)17-22-8-13-27(28(18-22)41-2)42-19-21-6-9-23(10-7-21)30(38)35-14-4-3-5-15-35/h6-13,16-18H,3-5,14-15,19H2,1-2H3,(H,34,37,40)/b25-17+. The summed E-state index contributed by atoms with van der Waals surface area (Å²) >= 11 is 3.38. The van der Waals surface area contributed by atoms with Crippen LogP contribution in [0.15, 0.2) is 70.7 Å². The number of amides is 5. The molecule has 2 saturated heterocycles. The molecule has 1 N–H and O–H groups in total. The summed E-state index contributed by atoms with van der Waals surface area (Å²) in [6.45, 7) is 3.62. The summed E-state index contributed by atoms with van der Waals surface area (Å²) in [6.07, 6.45) is 4.67. The van der Waals surface area contributed by atoms with Gasteiger partial charge >= 0.3 is 6.03 Å². The molecule has 0 radical (unpaired) electrons. The molecule has 0 aliphatic carbocycles. The third kappa shape index (κ3) is 6.23. The molecule has 2 fully saturated rings. The molecule has 3 aromatic carbocycles. The van der Waals surface area contributed by atoms with Gasteiger partial charge in [0.15, 0.2) is 11.5 Å². The Balaban J connectivity index is 1.30. The number of aryl methyl sites for hydroxylation is 1. The molecule has 5 rings (SSSR count). The van der Waals surface area contributed by atoms with Crippen LogP contribution in [0.25, 0.3) is 6.08 Å². The topological polar surface area (TPSA) is 105 Å². The van der Waals surface area contributed by atoms with E-state index in [0.717, 1.165) is 40.9 Å². The van der Waals surface area contributed by atoms with Crippen molar-refractivity contribution in [3.63, 3.8) is 0 Å². The van der Waals surface area contributed by atoms with Crippen LogP contribution in [0.5, 0.6) is 11.5 Å². The lowest BCUT2D eigenvalue weighted by Gasteiger charge is -2.27. The van der Waals surface area contributed by atoms with Gasteiger partial charge in [0.25, 0.3) is 17.7 Å². The van der Waals surface area contributed by atoms with Crippen molar-refractivity contribution in [2.45, 2.75) is 32.8 Å². The van der Waals surface area contributed by atoms with Crippen LogP contribution in [0.2, 0.25) is 0 Å². The number of carbonyl (C=O) groups is 4. The van der Waals surface area contributed by atoms with E-state index in [9.17, 15) is 19.2 Å². The van der Waals surface area contributed by atoms with Crippen molar-refractivity contribution in [3.8, 4) is 11.5 Å². The lowest BCUT2D eigenvalue weighted by atomic mass is 10.1. The molecule has 0 unspecified atom stereocenters. The molecular weight excluding hydrogens is 602 g/mol. The lowest BCUT2D eigenvalue weighted by Crippen LogP contribution is -2.54. The van der Waals surface area contributed by atoms with Gasteiger partial charge in [0, 0.05) is 23.1 Å². The van der Waals surface area contributed by atoms with Crippen molar-refractivity contribution < 1.29 is 28.7 Å². The number of anilines is 1. The van der Waals surface area contributed by atoms with Crippen LogP contribution >= 0.6 is 15.9 Å². The van der Waals surface area contributed by atoms with Crippen LogP contribution in [0, 0.1) is 6.92 Å². The molecule has 42 heavy (non-hydrogen) atoms. The van der Waals surface area contributed by atoms with Gasteiger partial charge in [-0.25, -0.2) is 9.69 Å². The fourth-order valence-electron chi connectivity index (χ4n) is 4.99. The number of hydrogen-bond acceptors (Lipinski definition) is 6. The normalized spacial score (nSPS) is 16.5. The Labute approximate surface area is 252 Å². The minimum absolute atomic E-state index is 0.0538. The largest absolute Gasteiger partial charge is 0.493 e. The molecule has 2 heterocycles. The van der Waals surface area contributed by atoms with Crippen molar-refractivity contribution in [1.82, 2.24) is 10.2 Å². The monoisotopic (exact) mass is 631 g/mol. The number of methoxy groups -OCH3 is 1. The number of ether oxygens (including phenoxy) is 2. The van der Waals surface area contributed by atoms with E-state index in [-0.39, 0.29) is 18.1 Å². The third-order valence-electron chi connectivity index (χ3n) is 7.24. The molecule has 0 atom stereocenters. The molecule has 2 aliphatic rings. The maximum absolute atomic E-state index is 13.3. The van der Waals surface area contributed by atoms with Gasteiger partial charge in [0.1, 0.15) is 12.2 Å². The van der Waals surface area contributed by atoms with Crippen molar-refractivity contribution >= 4 is 51.4 Å². The molecule has 10 heteroatoms. The molecule has 5 amide bonds. The van der Waals surface area contributed by atoms with Gasteiger partial charge in [-0.1, -0.05) is 34.1 Å². The summed E-state index contributed by atoms with van der Waals surface area (Å²) in [7, 11) is 1.50. The smallest absolute Gasteiger partial charge is 0.335 e. The number of imide groups is 2. The SMILES string of the molecule is COc1cc(/C=C2\C(=O)NC(=O)N(c3ccc(Br)cc3C)C2=O)ccc1OCc1ccc(C(=O)N2CCCCC2)cc1. The summed E-state index contributed by atoms with van der Waals surface area (Å²) in [5.74, 6) is -0.581. The number of benzene rings is 3. The van der Waals surface area contributed by atoms with E-state index in [4.69, 9.17) is 9.47 Å². The number of nitrogens with zero attached hydrogens (tertiary/aromatic N) is 2. The third-order valence-corrected chi connectivity index (χ3v) is 7.73.